The number of ether oxygens (including phenoxy) is 1. The topological polar surface area (TPSA) is 80.2 Å². The van der Waals surface area contributed by atoms with Crippen LogP contribution in [0.4, 0.5) is 26.0 Å². The van der Waals surface area contributed by atoms with Gasteiger partial charge in [0.15, 0.2) is 5.13 Å². The molecule has 9 heteroatoms. The van der Waals surface area contributed by atoms with Gasteiger partial charge in [-0.3, -0.25) is 0 Å². The quantitative estimate of drug-likeness (QED) is 0.698. The molecule has 0 radical (unpaired) electrons. The summed E-state index contributed by atoms with van der Waals surface area (Å²) in [6, 6.07) is 6.46. The van der Waals surface area contributed by atoms with E-state index in [0.717, 1.165) is 10.6 Å². The summed E-state index contributed by atoms with van der Waals surface area (Å²) in [7, 11) is 0. The van der Waals surface area contributed by atoms with E-state index in [-0.39, 0.29) is 18.0 Å². The molecule has 3 heterocycles. The Balaban J connectivity index is 1.62. The van der Waals surface area contributed by atoms with Crippen LogP contribution < -0.4 is 10.2 Å². The number of carbonyl (C=O) groups excluding carboxylic acids is 1. The standard InChI is InChI=1S/C19H18FN5O2S/c1-10-8-13(4-5-14(10)20)23-17-21-7-6-15(24-17)16-12(3)22-18(28-16)25-11(2)9-27-19(25)26/h4-8,11H,9H2,1-3H3,(H,21,23,24). The van der Waals surface area contributed by atoms with Crippen LogP contribution in [0.2, 0.25) is 0 Å². The van der Waals surface area contributed by atoms with E-state index in [1.54, 1.807) is 36.2 Å². The summed E-state index contributed by atoms with van der Waals surface area (Å²) in [5.41, 5.74) is 2.70. The second-order valence-electron chi connectivity index (χ2n) is 6.56. The van der Waals surface area contributed by atoms with Crippen molar-refractivity contribution in [3.8, 4) is 10.6 Å². The van der Waals surface area contributed by atoms with Crippen molar-refractivity contribution in [3.05, 3.63) is 47.5 Å². The Morgan fingerprint density at radius 2 is 2.11 bits per heavy atom. The van der Waals surface area contributed by atoms with Gasteiger partial charge in [0.25, 0.3) is 0 Å². The maximum absolute atomic E-state index is 13.5. The van der Waals surface area contributed by atoms with Crippen LogP contribution in [-0.2, 0) is 4.74 Å². The zero-order valence-corrected chi connectivity index (χ0v) is 16.4. The molecule has 0 spiro atoms. The van der Waals surface area contributed by atoms with E-state index in [1.165, 1.54) is 17.4 Å². The van der Waals surface area contributed by atoms with Gasteiger partial charge in [0.05, 0.1) is 22.3 Å². The first-order valence-electron chi connectivity index (χ1n) is 8.72. The minimum absolute atomic E-state index is 0.0600. The van der Waals surface area contributed by atoms with Crippen molar-refractivity contribution in [2.75, 3.05) is 16.8 Å². The van der Waals surface area contributed by atoms with Crippen molar-refractivity contribution in [1.29, 1.82) is 0 Å². The predicted octanol–water partition coefficient (Wildman–Crippen LogP) is 4.44. The van der Waals surface area contributed by atoms with E-state index >= 15 is 0 Å². The fourth-order valence-electron chi connectivity index (χ4n) is 2.90. The largest absolute Gasteiger partial charge is 0.447 e. The van der Waals surface area contributed by atoms with Gasteiger partial charge in [-0.15, -0.1) is 0 Å². The Labute approximate surface area is 165 Å². The van der Waals surface area contributed by atoms with Crippen molar-refractivity contribution in [2.45, 2.75) is 26.8 Å². The van der Waals surface area contributed by atoms with Crippen LogP contribution in [-0.4, -0.2) is 33.7 Å². The van der Waals surface area contributed by atoms with Crippen molar-refractivity contribution >= 4 is 34.2 Å². The molecular weight excluding hydrogens is 381 g/mol. The highest BCUT2D eigenvalue weighted by Gasteiger charge is 2.33. The third kappa shape index (κ3) is 3.40. The molecule has 1 aromatic carbocycles. The number of halogens is 1. The summed E-state index contributed by atoms with van der Waals surface area (Å²) >= 11 is 1.38. The third-order valence-corrected chi connectivity index (χ3v) is 5.56. The predicted molar refractivity (Wildman–Crippen MR) is 106 cm³/mol. The fraction of sp³-hybridized carbons (Fsp3) is 0.263. The Morgan fingerprint density at radius 3 is 2.82 bits per heavy atom. The van der Waals surface area contributed by atoms with Crippen LogP contribution in [0, 0.1) is 19.7 Å². The molecule has 0 saturated carbocycles. The second-order valence-corrected chi connectivity index (χ2v) is 7.54. The molecular formula is C19H18FN5O2S. The number of benzene rings is 1. The van der Waals surface area contributed by atoms with E-state index in [0.29, 0.717) is 34.6 Å². The summed E-state index contributed by atoms with van der Waals surface area (Å²) in [6.07, 6.45) is 1.26. The molecule has 7 nitrogen and oxygen atoms in total. The van der Waals surface area contributed by atoms with E-state index in [2.05, 4.69) is 20.3 Å². The molecule has 1 atom stereocenters. The molecule has 1 aliphatic rings. The van der Waals surface area contributed by atoms with Gasteiger partial charge in [0, 0.05) is 11.9 Å². The van der Waals surface area contributed by atoms with Crippen molar-refractivity contribution in [1.82, 2.24) is 15.0 Å². The van der Waals surface area contributed by atoms with E-state index < -0.39 is 0 Å². The molecule has 0 aliphatic carbocycles. The molecule has 1 amide bonds. The molecule has 1 N–H and O–H groups in total. The molecule has 4 rings (SSSR count). The first-order valence-corrected chi connectivity index (χ1v) is 9.54. The molecule has 1 fully saturated rings. The van der Waals surface area contributed by atoms with Crippen LogP contribution in [0.1, 0.15) is 18.2 Å². The van der Waals surface area contributed by atoms with Crippen molar-refractivity contribution in [3.63, 3.8) is 0 Å². The maximum atomic E-state index is 13.5. The second kappa shape index (κ2) is 7.16. The number of aromatic nitrogens is 3. The molecule has 1 unspecified atom stereocenters. The first-order chi connectivity index (χ1) is 13.4. The smallest absolute Gasteiger partial charge is 0.416 e. The lowest BCUT2D eigenvalue weighted by atomic mass is 10.2. The van der Waals surface area contributed by atoms with Crippen LogP contribution in [0.3, 0.4) is 0 Å². The van der Waals surface area contributed by atoms with Gasteiger partial charge >= 0.3 is 6.09 Å². The van der Waals surface area contributed by atoms with Crippen molar-refractivity contribution < 1.29 is 13.9 Å². The minimum atomic E-state index is -0.385. The van der Waals surface area contributed by atoms with E-state index in [9.17, 15) is 9.18 Å². The lowest BCUT2D eigenvalue weighted by molar-refractivity contribution is 0.179. The molecule has 144 valence electrons. The summed E-state index contributed by atoms with van der Waals surface area (Å²) in [5, 5.41) is 3.68. The first kappa shape index (κ1) is 18.3. The Morgan fingerprint density at radius 1 is 1.29 bits per heavy atom. The highest BCUT2D eigenvalue weighted by Crippen LogP contribution is 2.36. The number of cyclic esters (lactones) is 1. The summed E-state index contributed by atoms with van der Waals surface area (Å²) in [6.45, 7) is 5.84. The number of anilines is 3. The van der Waals surface area contributed by atoms with Gasteiger partial charge in [-0.05, 0) is 50.6 Å². The Hall–Kier alpha value is -3.07. The lowest BCUT2D eigenvalue weighted by Gasteiger charge is -2.13. The van der Waals surface area contributed by atoms with Crippen LogP contribution in [0.25, 0.3) is 10.6 Å². The molecule has 28 heavy (non-hydrogen) atoms. The van der Waals surface area contributed by atoms with Gasteiger partial charge in [-0.2, -0.15) is 0 Å². The molecule has 1 saturated heterocycles. The number of rotatable bonds is 4. The van der Waals surface area contributed by atoms with Crippen LogP contribution in [0.5, 0.6) is 0 Å². The van der Waals surface area contributed by atoms with Gasteiger partial charge in [0.2, 0.25) is 5.95 Å². The van der Waals surface area contributed by atoms with Crippen LogP contribution >= 0.6 is 11.3 Å². The number of aryl methyl sites for hydroxylation is 2. The minimum Gasteiger partial charge on any atom is -0.447 e. The lowest BCUT2D eigenvalue weighted by Crippen LogP contribution is -2.30. The Kier molecular flexibility index (Phi) is 4.68. The highest BCUT2D eigenvalue weighted by molar-refractivity contribution is 7.19. The third-order valence-electron chi connectivity index (χ3n) is 4.38. The SMILES string of the molecule is Cc1cc(Nc2nccc(-c3sc(N4C(=O)OCC4C)nc3C)n2)ccc1F. The number of nitrogens with one attached hydrogen (secondary N) is 1. The summed E-state index contributed by atoms with van der Waals surface area (Å²) in [4.78, 5) is 27.7. The zero-order chi connectivity index (χ0) is 19.8. The zero-order valence-electron chi connectivity index (χ0n) is 15.6. The average Bonchev–Trinajstić information content (AvgIpc) is 3.20. The number of nitrogens with zero attached hydrogens (tertiary/aromatic N) is 4. The Bertz CT molecular complexity index is 1050. The number of amides is 1. The van der Waals surface area contributed by atoms with Gasteiger partial charge in [-0.1, -0.05) is 11.3 Å². The number of hydrogen-bond acceptors (Lipinski definition) is 7. The fourth-order valence-corrected chi connectivity index (χ4v) is 4.03. The molecule has 3 aromatic rings. The maximum Gasteiger partial charge on any atom is 0.416 e. The van der Waals surface area contributed by atoms with Gasteiger partial charge in [0.1, 0.15) is 12.4 Å². The van der Waals surface area contributed by atoms with Gasteiger partial charge in [-0.25, -0.2) is 29.0 Å². The number of carbonyl (C=O) groups is 1. The number of thiazole rings is 1. The highest BCUT2D eigenvalue weighted by atomic mass is 32.1. The average molecular weight is 399 g/mol. The van der Waals surface area contributed by atoms with E-state index in [1.807, 2.05) is 13.8 Å². The van der Waals surface area contributed by atoms with Crippen molar-refractivity contribution in [2.24, 2.45) is 0 Å². The van der Waals surface area contributed by atoms with E-state index in [4.69, 9.17) is 4.74 Å². The van der Waals surface area contributed by atoms with Gasteiger partial charge < -0.3 is 10.1 Å². The molecule has 1 aliphatic heterocycles. The van der Waals surface area contributed by atoms with Crippen LogP contribution in [0.15, 0.2) is 30.5 Å². The monoisotopic (exact) mass is 399 g/mol. The summed E-state index contributed by atoms with van der Waals surface area (Å²) < 4.78 is 18.5. The number of hydrogen-bond donors (Lipinski definition) is 1. The molecule has 2 aromatic heterocycles. The normalized spacial score (nSPS) is 16.4. The summed E-state index contributed by atoms with van der Waals surface area (Å²) in [5.74, 6) is 0.134. The molecule has 0 bridgehead atoms.